The van der Waals surface area contributed by atoms with Gasteiger partial charge in [0, 0.05) is 32.7 Å². The molecule has 0 spiro atoms. The molecular formula is C21H25N3O4S2. The van der Waals surface area contributed by atoms with Crippen molar-refractivity contribution in [1.82, 2.24) is 14.2 Å². The zero-order chi connectivity index (χ0) is 21.1. The molecule has 7 nitrogen and oxygen atoms in total. The lowest BCUT2D eigenvalue weighted by molar-refractivity contribution is 0.0342. The summed E-state index contributed by atoms with van der Waals surface area (Å²) in [6.45, 7) is 6.94. The Morgan fingerprint density at radius 3 is 2.47 bits per heavy atom. The van der Waals surface area contributed by atoms with Crippen LogP contribution < -0.4 is 9.60 Å². The van der Waals surface area contributed by atoms with Crippen molar-refractivity contribution in [2.75, 3.05) is 26.3 Å². The van der Waals surface area contributed by atoms with Gasteiger partial charge in [-0.1, -0.05) is 35.6 Å². The Balaban J connectivity index is 1.42. The molecule has 0 radical (unpaired) electrons. The Bertz CT molecular complexity index is 1180. The number of rotatable bonds is 7. The minimum absolute atomic E-state index is 0.0767. The predicted octanol–water partition coefficient (Wildman–Crippen LogP) is 2.39. The maximum absolute atomic E-state index is 12.7. The van der Waals surface area contributed by atoms with Gasteiger partial charge >= 0.3 is 4.87 Å². The van der Waals surface area contributed by atoms with Crippen LogP contribution >= 0.6 is 11.3 Å². The van der Waals surface area contributed by atoms with Gasteiger partial charge in [0.05, 0.1) is 28.3 Å². The lowest BCUT2D eigenvalue weighted by Crippen LogP contribution is -2.35. The maximum Gasteiger partial charge on any atom is 0.308 e. The lowest BCUT2D eigenvalue weighted by Gasteiger charge is -2.26. The van der Waals surface area contributed by atoms with Crippen LogP contribution in [0.5, 0.6) is 0 Å². The van der Waals surface area contributed by atoms with E-state index in [4.69, 9.17) is 4.74 Å². The first-order valence-corrected chi connectivity index (χ1v) is 12.3. The van der Waals surface area contributed by atoms with E-state index in [2.05, 4.69) is 9.62 Å². The number of aromatic nitrogens is 1. The molecule has 0 atom stereocenters. The zero-order valence-corrected chi connectivity index (χ0v) is 18.5. The van der Waals surface area contributed by atoms with Crippen molar-refractivity contribution in [1.29, 1.82) is 0 Å². The first-order valence-electron chi connectivity index (χ1n) is 9.97. The van der Waals surface area contributed by atoms with Crippen LogP contribution in [0.1, 0.15) is 18.1 Å². The van der Waals surface area contributed by atoms with Gasteiger partial charge in [-0.05, 0) is 36.2 Å². The molecule has 1 aliphatic rings. The molecule has 30 heavy (non-hydrogen) atoms. The number of hydrogen-bond acceptors (Lipinski definition) is 6. The summed E-state index contributed by atoms with van der Waals surface area (Å²) in [4.78, 5) is 14.4. The number of sulfonamides is 1. The summed E-state index contributed by atoms with van der Waals surface area (Å²) < 4.78 is 35.8. The molecule has 1 N–H and O–H groups in total. The fourth-order valence-corrected chi connectivity index (χ4v) is 5.67. The van der Waals surface area contributed by atoms with Crippen LogP contribution in [0.25, 0.3) is 10.2 Å². The van der Waals surface area contributed by atoms with Crippen molar-refractivity contribution in [3.05, 3.63) is 63.3 Å². The van der Waals surface area contributed by atoms with Gasteiger partial charge in [0.1, 0.15) is 0 Å². The van der Waals surface area contributed by atoms with E-state index in [0.717, 1.165) is 55.3 Å². The number of thiazole rings is 1. The number of benzene rings is 2. The molecular weight excluding hydrogens is 422 g/mol. The van der Waals surface area contributed by atoms with Crippen LogP contribution in [0.4, 0.5) is 0 Å². The highest BCUT2D eigenvalue weighted by molar-refractivity contribution is 7.89. The highest BCUT2D eigenvalue weighted by atomic mass is 32.2. The Hall–Kier alpha value is -2.04. The summed E-state index contributed by atoms with van der Waals surface area (Å²) in [6.07, 6.45) is 0. The van der Waals surface area contributed by atoms with Gasteiger partial charge in [-0.25, -0.2) is 13.1 Å². The van der Waals surface area contributed by atoms with Crippen LogP contribution in [0.2, 0.25) is 0 Å². The van der Waals surface area contributed by atoms with E-state index in [1.54, 1.807) is 22.8 Å². The summed E-state index contributed by atoms with van der Waals surface area (Å²) in [7, 11) is -3.67. The van der Waals surface area contributed by atoms with Gasteiger partial charge < -0.3 is 4.74 Å². The minimum Gasteiger partial charge on any atom is -0.379 e. The van der Waals surface area contributed by atoms with Crippen LogP contribution in [0, 0.1) is 0 Å². The molecule has 1 aliphatic heterocycles. The third-order valence-electron chi connectivity index (χ3n) is 5.27. The van der Waals surface area contributed by atoms with E-state index < -0.39 is 10.0 Å². The Kier molecular flexibility index (Phi) is 6.35. The molecule has 1 fully saturated rings. The molecule has 3 aromatic rings. The van der Waals surface area contributed by atoms with Crippen molar-refractivity contribution in [3.63, 3.8) is 0 Å². The van der Waals surface area contributed by atoms with E-state index in [-0.39, 0.29) is 16.3 Å². The van der Waals surface area contributed by atoms with Gasteiger partial charge in [-0.15, -0.1) is 0 Å². The summed E-state index contributed by atoms with van der Waals surface area (Å²) in [5.74, 6) is 0. The number of aryl methyl sites for hydroxylation is 1. The summed E-state index contributed by atoms with van der Waals surface area (Å²) in [6, 6.07) is 12.8. The van der Waals surface area contributed by atoms with Crippen molar-refractivity contribution in [2.24, 2.45) is 0 Å². The highest BCUT2D eigenvalue weighted by Crippen LogP contribution is 2.22. The SMILES string of the molecule is CCn1c(=O)sc2cc(S(=O)(=O)NCc3ccc(CN4CCOCC4)cc3)ccc21. The van der Waals surface area contributed by atoms with Crippen LogP contribution in [0.15, 0.2) is 52.2 Å². The van der Waals surface area contributed by atoms with Gasteiger partial charge in [-0.2, -0.15) is 0 Å². The number of ether oxygens (including phenoxy) is 1. The van der Waals surface area contributed by atoms with E-state index >= 15 is 0 Å². The Morgan fingerprint density at radius 1 is 1.07 bits per heavy atom. The molecule has 0 amide bonds. The van der Waals surface area contributed by atoms with E-state index in [0.29, 0.717) is 11.2 Å². The molecule has 160 valence electrons. The van der Waals surface area contributed by atoms with E-state index in [9.17, 15) is 13.2 Å². The minimum atomic E-state index is -3.67. The van der Waals surface area contributed by atoms with E-state index in [1.165, 1.54) is 5.56 Å². The Labute approximate surface area is 179 Å². The number of nitrogens with zero attached hydrogens (tertiary/aromatic N) is 2. The third kappa shape index (κ3) is 4.65. The normalized spacial score (nSPS) is 15.6. The van der Waals surface area contributed by atoms with Gasteiger partial charge in [-0.3, -0.25) is 14.3 Å². The average Bonchev–Trinajstić information content (AvgIpc) is 3.08. The monoisotopic (exact) mass is 447 g/mol. The topological polar surface area (TPSA) is 80.6 Å². The van der Waals surface area contributed by atoms with Crippen molar-refractivity contribution in [3.8, 4) is 0 Å². The lowest BCUT2D eigenvalue weighted by atomic mass is 10.1. The molecule has 0 bridgehead atoms. The molecule has 0 unspecified atom stereocenters. The van der Waals surface area contributed by atoms with Gasteiger partial charge in [0.25, 0.3) is 0 Å². The second kappa shape index (κ2) is 8.99. The molecule has 2 aromatic carbocycles. The summed E-state index contributed by atoms with van der Waals surface area (Å²) in [5.41, 5.74) is 2.86. The second-order valence-electron chi connectivity index (χ2n) is 7.27. The number of nitrogens with one attached hydrogen (secondary N) is 1. The Morgan fingerprint density at radius 2 is 1.77 bits per heavy atom. The first-order chi connectivity index (χ1) is 14.5. The van der Waals surface area contributed by atoms with Crippen LogP contribution in [-0.4, -0.2) is 44.2 Å². The molecule has 1 saturated heterocycles. The molecule has 2 heterocycles. The zero-order valence-electron chi connectivity index (χ0n) is 16.8. The highest BCUT2D eigenvalue weighted by Gasteiger charge is 2.17. The standard InChI is InChI=1S/C21H25N3O4S2/c1-2-24-19-8-7-18(13-20(19)29-21(24)25)30(26,27)22-14-16-3-5-17(6-4-16)15-23-9-11-28-12-10-23/h3-8,13,22H,2,9-12,14-15H2,1H3. The smallest absolute Gasteiger partial charge is 0.308 e. The summed E-state index contributed by atoms with van der Waals surface area (Å²) >= 11 is 1.07. The molecule has 0 saturated carbocycles. The number of hydrogen-bond donors (Lipinski definition) is 1. The predicted molar refractivity (Wildman–Crippen MR) is 118 cm³/mol. The maximum atomic E-state index is 12.7. The second-order valence-corrected chi connectivity index (χ2v) is 10.0. The van der Waals surface area contributed by atoms with E-state index in [1.807, 2.05) is 31.2 Å². The largest absolute Gasteiger partial charge is 0.379 e. The summed E-state index contributed by atoms with van der Waals surface area (Å²) in [5, 5.41) is 0. The van der Waals surface area contributed by atoms with Crippen molar-refractivity contribution < 1.29 is 13.2 Å². The van der Waals surface area contributed by atoms with Crippen molar-refractivity contribution >= 4 is 31.6 Å². The van der Waals surface area contributed by atoms with Crippen LogP contribution in [-0.2, 0) is 34.4 Å². The molecule has 4 rings (SSSR count). The van der Waals surface area contributed by atoms with Crippen molar-refractivity contribution in [2.45, 2.75) is 31.5 Å². The number of morpholine rings is 1. The quantitative estimate of drug-likeness (QED) is 0.602. The fourth-order valence-electron chi connectivity index (χ4n) is 3.55. The molecule has 0 aliphatic carbocycles. The fraction of sp³-hybridized carbons (Fsp3) is 0.381. The first kappa shape index (κ1) is 21.2. The molecule has 9 heteroatoms. The average molecular weight is 448 g/mol. The van der Waals surface area contributed by atoms with Gasteiger partial charge in [0.15, 0.2) is 0 Å². The third-order valence-corrected chi connectivity index (χ3v) is 7.61. The van der Waals surface area contributed by atoms with Gasteiger partial charge in [0.2, 0.25) is 10.0 Å². The number of fused-ring (bicyclic) bond motifs is 1. The molecule has 1 aromatic heterocycles. The van der Waals surface area contributed by atoms with Crippen LogP contribution in [0.3, 0.4) is 0 Å².